The van der Waals surface area contributed by atoms with Gasteiger partial charge in [0.25, 0.3) is 0 Å². The summed E-state index contributed by atoms with van der Waals surface area (Å²) in [5, 5.41) is 0.645. The number of para-hydroxylation sites is 1. The molecule has 0 spiro atoms. The van der Waals surface area contributed by atoms with Gasteiger partial charge in [0.15, 0.2) is 0 Å². The molecule has 2 atom stereocenters. The summed E-state index contributed by atoms with van der Waals surface area (Å²) in [5.41, 5.74) is 7.89. The summed E-state index contributed by atoms with van der Waals surface area (Å²) in [4.78, 5) is 2.40. The van der Waals surface area contributed by atoms with Crippen LogP contribution in [0.5, 0.6) is 0 Å². The Hall–Kier alpha value is -0.930. The third kappa shape index (κ3) is 2.06. The fraction of sp³-hybridized carbons (Fsp3) is 0.571. The highest BCUT2D eigenvalue weighted by atomic mass is 35.5. The van der Waals surface area contributed by atoms with Crippen LogP contribution in [0.3, 0.4) is 0 Å². The van der Waals surface area contributed by atoms with Crippen molar-refractivity contribution in [3.63, 3.8) is 0 Å². The molecule has 0 bridgehead atoms. The van der Waals surface area contributed by atoms with E-state index in [0.29, 0.717) is 22.9 Å². The van der Waals surface area contributed by atoms with Crippen molar-refractivity contribution in [1.29, 1.82) is 0 Å². The molecule has 1 aliphatic carbocycles. The zero-order valence-electron chi connectivity index (χ0n) is 10.4. The van der Waals surface area contributed by atoms with Crippen LogP contribution >= 0.6 is 11.6 Å². The lowest BCUT2D eigenvalue weighted by Crippen LogP contribution is -2.53. The maximum Gasteiger partial charge on any atom is 0.0779 e. The van der Waals surface area contributed by atoms with Gasteiger partial charge in [-0.2, -0.15) is 0 Å². The molecular formula is C14H19ClN2O. The number of morpholine rings is 1. The largest absolute Gasteiger partial charge is 0.396 e. The Kier molecular flexibility index (Phi) is 3.35. The number of fused-ring (bicyclic) bond motifs is 1. The van der Waals surface area contributed by atoms with Gasteiger partial charge in [0.05, 0.1) is 35.2 Å². The first-order chi connectivity index (χ1) is 8.77. The van der Waals surface area contributed by atoms with Gasteiger partial charge in [0, 0.05) is 6.54 Å². The van der Waals surface area contributed by atoms with Crippen LogP contribution in [0.1, 0.15) is 25.7 Å². The third-order valence-electron chi connectivity index (χ3n) is 4.07. The summed E-state index contributed by atoms with van der Waals surface area (Å²) in [6.07, 6.45) is 5.28. The summed E-state index contributed by atoms with van der Waals surface area (Å²) in [7, 11) is 0. The van der Waals surface area contributed by atoms with Crippen LogP contribution in [-0.4, -0.2) is 25.3 Å². The van der Waals surface area contributed by atoms with E-state index in [9.17, 15) is 0 Å². The minimum atomic E-state index is 0.367. The van der Waals surface area contributed by atoms with E-state index in [2.05, 4.69) is 11.0 Å². The third-order valence-corrected chi connectivity index (χ3v) is 4.40. The fourth-order valence-corrected chi connectivity index (χ4v) is 3.34. The molecule has 1 heterocycles. The first-order valence-electron chi connectivity index (χ1n) is 6.69. The summed E-state index contributed by atoms with van der Waals surface area (Å²) < 4.78 is 5.89. The number of rotatable bonds is 1. The average Bonchev–Trinajstić information content (AvgIpc) is 2.41. The maximum atomic E-state index is 6.13. The predicted molar refractivity (Wildman–Crippen MR) is 75.2 cm³/mol. The second-order valence-corrected chi connectivity index (χ2v) is 5.53. The van der Waals surface area contributed by atoms with Crippen molar-refractivity contribution in [2.45, 2.75) is 37.8 Å². The van der Waals surface area contributed by atoms with Crippen molar-refractivity contribution in [2.24, 2.45) is 0 Å². The highest BCUT2D eigenvalue weighted by molar-refractivity contribution is 6.33. The Balaban J connectivity index is 1.92. The number of hydrogen-bond donors (Lipinski definition) is 1. The van der Waals surface area contributed by atoms with Gasteiger partial charge >= 0.3 is 0 Å². The molecule has 4 heteroatoms. The van der Waals surface area contributed by atoms with E-state index >= 15 is 0 Å². The van der Waals surface area contributed by atoms with E-state index in [1.165, 1.54) is 25.7 Å². The van der Waals surface area contributed by atoms with Crippen LogP contribution in [-0.2, 0) is 4.74 Å². The van der Waals surface area contributed by atoms with Gasteiger partial charge < -0.3 is 15.4 Å². The molecule has 2 fully saturated rings. The van der Waals surface area contributed by atoms with Crippen molar-refractivity contribution in [3.8, 4) is 0 Å². The van der Waals surface area contributed by atoms with E-state index in [-0.39, 0.29) is 0 Å². The van der Waals surface area contributed by atoms with Crippen molar-refractivity contribution in [2.75, 3.05) is 23.8 Å². The van der Waals surface area contributed by atoms with Crippen LogP contribution in [0, 0.1) is 0 Å². The highest BCUT2D eigenvalue weighted by Crippen LogP contribution is 2.36. The second-order valence-electron chi connectivity index (χ2n) is 5.13. The topological polar surface area (TPSA) is 38.5 Å². The van der Waals surface area contributed by atoms with Crippen LogP contribution in [0.2, 0.25) is 5.02 Å². The molecule has 1 aromatic rings. The van der Waals surface area contributed by atoms with Crippen molar-refractivity contribution in [1.82, 2.24) is 0 Å². The van der Waals surface area contributed by atoms with Gasteiger partial charge in [-0.1, -0.05) is 30.5 Å². The van der Waals surface area contributed by atoms with Gasteiger partial charge in [0.1, 0.15) is 0 Å². The quantitative estimate of drug-likeness (QED) is 0.794. The number of nitrogen functional groups attached to an aromatic ring is 1. The Bertz CT molecular complexity index is 436. The first-order valence-corrected chi connectivity index (χ1v) is 7.07. The molecule has 1 aliphatic heterocycles. The first kappa shape index (κ1) is 12.1. The molecule has 2 unspecified atom stereocenters. The van der Waals surface area contributed by atoms with Gasteiger partial charge in [-0.15, -0.1) is 0 Å². The number of nitrogens with two attached hydrogens (primary N) is 1. The van der Waals surface area contributed by atoms with Gasteiger partial charge in [-0.05, 0) is 25.0 Å². The molecule has 1 saturated heterocycles. The van der Waals surface area contributed by atoms with Gasteiger partial charge in [-0.25, -0.2) is 0 Å². The molecule has 1 saturated carbocycles. The zero-order chi connectivity index (χ0) is 12.5. The average molecular weight is 267 g/mol. The lowest BCUT2D eigenvalue weighted by atomic mass is 9.89. The van der Waals surface area contributed by atoms with E-state index in [1.54, 1.807) is 0 Å². The zero-order valence-corrected chi connectivity index (χ0v) is 11.2. The van der Waals surface area contributed by atoms with Crippen LogP contribution in [0.4, 0.5) is 11.4 Å². The lowest BCUT2D eigenvalue weighted by molar-refractivity contribution is -0.00861. The van der Waals surface area contributed by atoms with E-state index in [1.807, 2.05) is 12.1 Å². The number of ether oxygens (including phenoxy) is 1. The number of benzene rings is 1. The van der Waals surface area contributed by atoms with Gasteiger partial charge in [0.2, 0.25) is 0 Å². The molecular weight excluding hydrogens is 248 g/mol. The molecule has 0 aromatic heterocycles. The molecule has 0 amide bonds. The number of anilines is 2. The molecule has 98 valence electrons. The van der Waals surface area contributed by atoms with Crippen molar-refractivity contribution in [3.05, 3.63) is 23.2 Å². The highest BCUT2D eigenvalue weighted by Gasteiger charge is 2.35. The number of nitrogens with zero attached hydrogens (tertiary/aromatic N) is 1. The summed E-state index contributed by atoms with van der Waals surface area (Å²) >= 11 is 6.13. The molecule has 2 N–H and O–H groups in total. The predicted octanol–water partition coefficient (Wildman–Crippen LogP) is 3.07. The Morgan fingerprint density at radius 1 is 1.28 bits per heavy atom. The molecule has 0 radical (unpaired) electrons. The van der Waals surface area contributed by atoms with Crippen LogP contribution in [0.25, 0.3) is 0 Å². The minimum absolute atomic E-state index is 0.367. The molecule has 18 heavy (non-hydrogen) atoms. The van der Waals surface area contributed by atoms with Gasteiger partial charge in [-0.3, -0.25) is 0 Å². The smallest absolute Gasteiger partial charge is 0.0779 e. The molecule has 3 rings (SSSR count). The van der Waals surface area contributed by atoms with Crippen LogP contribution < -0.4 is 10.6 Å². The summed E-state index contributed by atoms with van der Waals surface area (Å²) in [6.45, 7) is 1.69. The fourth-order valence-electron chi connectivity index (χ4n) is 3.17. The van der Waals surface area contributed by atoms with E-state index in [0.717, 1.165) is 18.8 Å². The number of hydrogen-bond acceptors (Lipinski definition) is 3. The van der Waals surface area contributed by atoms with Crippen LogP contribution in [0.15, 0.2) is 18.2 Å². The van der Waals surface area contributed by atoms with E-state index in [4.69, 9.17) is 22.1 Å². The van der Waals surface area contributed by atoms with E-state index < -0.39 is 0 Å². The Morgan fingerprint density at radius 2 is 2.11 bits per heavy atom. The second kappa shape index (κ2) is 4.98. The monoisotopic (exact) mass is 266 g/mol. The molecule has 3 nitrogen and oxygen atoms in total. The normalized spacial score (nSPS) is 27.9. The lowest BCUT2D eigenvalue weighted by Gasteiger charge is -2.45. The summed E-state index contributed by atoms with van der Waals surface area (Å²) in [5.74, 6) is 0. The Morgan fingerprint density at radius 3 is 3.00 bits per heavy atom. The SMILES string of the molecule is Nc1c(Cl)cccc1N1CCOC2CCCCC21. The number of halogens is 1. The van der Waals surface area contributed by atoms with Crippen molar-refractivity contribution < 1.29 is 4.74 Å². The molecule has 1 aromatic carbocycles. The standard InChI is InChI=1S/C14H19ClN2O/c15-10-4-3-6-12(14(10)16)17-8-9-18-13-7-2-1-5-11(13)17/h3-4,6,11,13H,1-2,5,7-9,16H2. The Labute approximate surface area is 113 Å². The summed E-state index contributed by atoms with van der Waals surface area (Å²) in [6, 6.07) is 6.35. The van der Waals surface area contributed by atoms with Crippen molar-refractivity contribution >= 4 is 23.0 Å². The minimum Gasteiger partial charge on any atom is -0.396 e. The molecule has 2 aliphatic rings. The maximum absolute atomic E-state index is 6.13.